The minimum absolute atomic E-state index is 0.0145. The molecule has 1 fully saturated rings. The van der Waals surface area contributed by atoms with Crippen LogP contribution in [0.1, 0.15) is 25.7 Å². The summed E-state index contributed by atoms with van der Waals surface area (Å²) in [6, 6.07) is -0.290. The normalized spacial score (nSPS) is 19.7. The topological polar surface area (TPSA) is 110 Å². The number of aryl methyl sites for hydroxylation is 1. The molecule has 1 unspecified atom stereocenters. The second kappa shape index (κ2) is 7.61. The van der Waals surface area contributed by atoms with Crippen molar-refractivity contribution in [2.45, 2.75) is 36.8 Å². The van der Waals surface area contributed by atoms with Crippen molar-refractivity contribution in [3.63, 3.8) is 0 Å². The molecule has 1 atom stereocenters. The monoisotopic (exact) mass is 363 g/mol. The molecule has 1 saturated heterocycles. The van der Waals surface area contributed by atoms with Crippen LogP contribution in [-0.4, -0.2) is 54.1 Å². The first-order chi connectivity index (χ1) is 10.9. The SMILES string of the molecule is Cn1ncc(Cl)c1S(=O)(=O)N1CCCCC1CNC(=O)CCN. The van der Waals surface area contributed by atoms with Gasteiger partial charge in [-0.1, -0.05) is 18.0 Å². The maximum atomic E-state index is 12.9. The maximum absolute atomic E-state index is 12.9. The van der Waals surface area contributed by atoms with Crippen LogP contribution in [0.3, 0.4) is 0 Å². The van der Waals surface area contributed by atoms with E-state index < -0.39 is 10.0 Å². The number of rotatable bonds is 6. The van der Waals surface area contributed by atoms with Gasteiger partial charge in [-0.2, -0.15) is 9.40 Å². The van der Waals surface area contributed by atoms with Gasteiger partial charge in [-0.3, -0.25) is 9.48 Å². The van der Waals surface area contributed by atoms with Crippen LogP contribution in [0, 0.1) is 0 Å². The van der Waals surface area contributed by atoms with Crippen molar-refractivity contribution in [2.24, 2.45) is 12.8 Å². The van der Waals surface area contributed by atoms with Gasteiger partial charge in [0.1, 0.15) is 0 Å². The van der Waals surface area contributed by atoms with Gasteiger partial charge in [0.25, 0.3) is 10.0 Å². The molecule has 1 amide bonds. The van der Waals surface area contributed by atoms with E-state index in [0.29, 0.717) is 13.0 Å². The zero-order valence-electron chi connectivity index (χ0n) is 13.0. The average Bonchev–Trinajstić information content (AvgIpc) is 2.85. The Hall–Kier alpha value is -1.16. The predicted molar refractivity (Wildman–Crippen MR) is 86.4 cm³/mol. The summed E-state index contributed by atoms with van der Waals surface area (Å²) in [6.07, 6.45) is 3.94. The molecule has 1 aromatic heterocycles. The van der Waals surface area contributed by atoms with Crippen LogP contribution in [-0.2, 0) is 21.9 Å². The lowest BCUT2D eigenvalue weighted by Gasteiger charge is -2.34. The average molecular weight is 364 g/mol. The van der Waals surface area contributed by atoms with E-state index in [9.17, 15) is 13.2 Å². The highest BCUT2D eigenvalue weighted by atomic mass is 35.5. The zero-order chi connectivity index (χ0) is 17.0. The molecule has 1 aliphatic heterocycles. The Balaban J connectivity index is 2.19. The van der Waals surface area contributed by atoms with Gasteiger partial charge in [0, 0.05) is 39.1 Å². The van der Waals surface area contributed by atoms with Gasteiger partial charge in [0.05, 0.1) is 11.2 Å². The Bertz CT molecular complexity index is 641. The van der Waals surface area contributed by atoms with Crippen molar-refractivity contribution in [1.82, 2.24) is 19.4 Å². The molecule has 0 radical (unpaired) electrons. The third-order valence-electron chi connectivity index (χ3n) is 3.87. The molecule has 3 N–H and O–H groups in total. The Morgan fingerprint density at radius 3 is 2.87 bits per heavy atom. The zero-order valence-corrected chi connectivity index (χ0v) is 14.6. The first kappa shape index (κ1) is 18.2. The van der Waals surface area contributed by atoms with E-state index in [-0.39, 0.29) is 41.5 Å². The first-order valence-corrected chi connectivity index (χ1v) is 9.36. The summed E-state index contributed by atoms with van der Waals surface area (Å²) in [7, 11) is -2.22. The van der Waals surface area contributed by atoms with Crippen molar-refractivity contribution < 1.29 is 13.2 Å². The van der Waals surface area contributed by atoms with E-state index in [1.165, 1.54) is 15.2 Å². The third kappa shape index (κ3) is 4.03. The Morgan fingerprint density at radius 2 is 2.26 bits per heavy atom. The van der Waals surface area contributed by atoms with E-state index in [0.717, 1.165) is 12.8 Å². The Labute approximate surface area is 141 Å². The standard InChI is InChI=1S/C13H22ClN5O3S/c1-18-13(11(14)9-17-18)23(21,22)19-7-3-2-4-10(19)8-16-12(20)5-6-15/h9-10H,2-8,15H2,1H3,(H,16,20). The van der Waals surface area contributed by atoms with Crippen LogP contribution < -0.4 is 11.1 Å². The maximum Gasteiger partial charge on any atom is 0.262 e. The van der Waals surface area contributed by atoms with Crippen LogP contribution in [0.2, 0.25) is 5.02 Å². The number of nitrogens with zero attached hydrogens (tertiary/aromatic N) is 3. The number of hydrogen-bond acceptors (Lipinski definition) is 5. The minimum atomic E-state index is -3.76. The lowest BCUT2D eigenvalue weighted by atomic mass is 10.1. The largest absolute Gasteiger partial charge is 0.354 e. The highest BCUT2D eigenvalue weighted by Gasteiger charge is 2.36. The molecule has 0 saturated carbocycles. The highest BCUT2D eigenvalue weighted by molar-refractivity contribution is 7.89. The van der Waals surface area contributed by atoms with E-state index in [1.54, 1.807) is 7.05 Å². The van der Waals surface area contributed by atoms with Crippen LogP contribution in [0.25, 0.3) is 0 Å². The van der Waals surface area contributed by atoms with Crippen molar-refractivity contribution in [3.8, 4) is 0 Å². The molecule has 2 rings (SSSR count). The molecule has 8 nitrogen and oxygen atoms in total. The number of nitrogens with one attached hydrogen (secondary N) is 1. The molecule has 130 valence electrons. The predicted octanol–water partition coefficient (Wildman–Crippen LogP) is 0.0817. The van der Waals surface area contributed by atoms with E-state index in [1.807, 2.05) is 0 Å². The number of halogens is 1. The summed E-state index contributed by atoms with van der Waals surface area (Å²) >= 11 is 5.99. The summed E-state index contributed by atoms with van der Waals surface area (Å²) in [4.78, 5) is 11.6. The minimum Gasteiger partial charge on any atom is -0.354 e. The van der Waals surface area contributed by atoms with Gasteiger partial charge in [0.15, 0.2) is 5.03 Å². The Morgan fingerprint density at radius 1 is 1.52 bits per heavy atom. The fraction of sp³-hybridized carbons (Fsp3) is 0.692. The lowest BCUT2D eigenvalue weighted by Crippen LogP contribution is -2.49. The summed E-state index contributed by atoms with van der Waals surface area (Å²) in [5.74, 6) is -0.172. The number of sulfonamides is 1. The van der Waals surface area contributed by atoms with E-state index in [4.69, 9.17) is 17.3 Å². The molecular weight excluding hydrogens is 342 g/mol. The number of carbonyl (C=O) groups excluding carboxylic acids is 1. The van der Waals surface area contributed by atoms with Gasteiger partial charge in [-0.05, 0) is 12.8 Å². The molecule has 0 aromatic carbocycles. The smallest absolute Gasteiger partial charge is 0.262 e. The molecule has 0 bridgehead atoms. The van der Waals surface area contributed by atoms with Crippen molar-refractivity contribution >= 4 is 27.5 Å². The molecule has 10 heteroatoms. The van der Waals surface area contributed by atoms with Crippen molar-refractivity contribution in [3.05, 3.63) is 11.2 Å². The fourth-order valence-corrected chi connectivity index (χ4v) is 5.05. The van der Waals surface area contributed by atoms with Crippen molar-refractivity contribution in [2.75, 3.05) is 19.6 Å². The molecular formula is C13H22ClN5O3S. The van der Waals surface area contributed by atoms with Crippen LogP contribution in [0.15, 0.2) is 11.2 Å². The third-order valence-corrected chi connectivity index (χ3v) is 6.33. The summed E-state index contributed by atoms with van der Waals surface area (Å²) in [5, 5.41) is 6.73. The van der Waals surface area contributed by atoms with Gasteiger partial charge < -0.3 is 11.1 Å². The van der Waals surface area contributed by atoms with Crippen LogP contribution >= 0.6 is 11.6 Å². The number of amides is 1. The highest BCUT2D eigenvalue weighted by Crippen LogP contribution is 2.28. The number of nitrogens with two attached hydrogens (primary N) is 1. The molecule has 0 aliphatic carbocycles. The molecule has 23 heavy (non-hydrogen) atoms. The number of aromatic nitrogens is 2. The molecule has 1 aromatic rings. The quantitative estimate of drug-likeness (QED) is 0.743. The summed E-state index contributed by atoms with van der Waals surface area (Å²) in [6.45, 7) is 0.942. The van der Waals surface area contributed by atoms with Gasteiger partial charge in [-0.15, -0.1) is 0 Å². The Kier molecular flexibility index (Phi) is 6.01. The summed E-state index contributed by atoms with van der Waals surface area (Å²) < 4.78 is 28.5. The van der Waals surface area contributed by atoms with E-state index >= 15 is 0 Å². The lowest BCUT2D eigenvalue weighted by molar-refractivity contribution is -0.121. The second-order valence-corrected chi connectivity index (χ2v) is 7.74. The number of carbonyl (C=O) groups is 1. The second-order valence-electron chi connectivity index (χ2n) is 5.53. The number of piperidine rings is 1. The van der Waals surface area contributed by atoms with E-state index in [2.05, 4.69) is 10.4 Å². The number of hydrogen-bond donors (Lipinski definition) is 2. The van der Waals surface area contributed by atoms with Gasteiger partial charge >= 0.3 is 0 Å². The van der Waals surface area contributed by atoms with Gasteiger partial charge in [-0.25, -0.2) is 8.42 Å². The van der Waals surface area contributed by atoms with Crippen LogP contribution in [0.4, 0.5) is 0 Å². The molecule has 2 heterocycles. The molecule has 0 spiro atoms. The first-order valence-electron chi connectivity index (χ1n) is 7.54. The summed E-state index contributed by atoms with van der Waals surface area (Å²) in [5.41, 5.74) is 5.34. The molecule has 1 aliphatic rings. The van der Waals surface area contributed by atoms with Crippen molar-refractivity contribution in [1.29, 1.82) is 0 Å². The van der Waals surface area contributed by atoms with Crippen LogP contribution in [0.5, 0.6) is 0 Å². The fourth-order valence-electron chi connectivity index (χ4n) is 2.75. The van der Waals surface area contributed by atoms with Gasteiger partial charge in [0.2, 0.25) is 5.91 Å².